The predicted molar refractivity (Wildman–Crippen MR) is 90.1 cm³/mol. The van der Waals surface area contributed by atoms with E-state index in [1.165, 1.54) is 19.3 Å². The first kappa shape index (κ1) is 17.0. The van der Waals surface area contributed by atoms with E-state index in [9.17, 15) is 5.11 Å². The van der Waals surface area contributed by atoms with Gasteiger partial charge in [-0.05, 0) is 32.6 Å². The molecule has 0 radical (unpaired) electrons. The molecule has 0 aromatic heterocycles. The van der Waals surface area contributed by atoms with E-state index in [1.54, 1.807) is 0 Å². The van der Waals surface area contributed by atoms with Gasteiger partial charge in [-0.25, -0.2) is 0 Å². The van der Waals surface area contributed by atoms with Gasteiger partial charge >= 0.3 is 0 Å². The standard InChI is InChI=1S/C14H27N3O.HI/c1-3-15-13(17-11-7-8-11)16-10-14(2)9-5-4-6-12(14)18;/h11-12,18H,3-10H2,1-2H3,(H2,15,16,17);1H. The van der Waals surface area contributed by atoms with Crippen molar-refractivity contribution >= 4 is 29.9 Å². The molecule has 0 bridgehead atoms. The van der Waals surface area contributed by atoms with Gasteiger partial charge in [0, 0.05) is 18.0 Å². The Balaban J connectivity index is 0.00000180. The third-order valence-electron chi connectivity index (χ3n) is 4.14. The van der Waals surface area contributed by atoms with Crippen molar-refractivity contribution < 1.29 is 5.11 Å². The molecule has 0 aromatic rings. The number of aliphatic hydroxyl groups is 1. The molecule has 19 heavy (non-hydrogen) atoms. The van der Waals surface area contributed by atoms with Gasteiger partial charge in [-0.15, -0.1) is 24.0 Å². The summed E-state index contributed by atoms with van der Waals surface area (Å²) in [6.07, 6.45) is 6.70. The zero-order chi connectivity index (χ0) is 13.0. The van der Waals surface area contributed by atoms with Gasteiger partial charge in [-0.3, -0.25) is 4.99 Å². The molecule has 0 aliphatic heterocycles. The van der Waals surface area contributed by atoms with Crippen LogP contribution >= 0.6 is 24.0 Å². The van der Waals surface area contributed by atoms with Crippen molar-refractivity contribution in [1.29, 1.82) is 0 Å². The lowest BCUT2D eigenvalue weighted by atomic mass is 9.73. The molecule has 2 atom stereocenters. The molecular formula is C14H28IN3O. The predicted octanol–water partition coefficient (Wildman–Crippen LogP) is 2.26. The van der Waals surface area contributed by atoms with E-state index in [0.717, 1.165) is 38.3 Å². The van der Waals surface area contributed by atoms with Gasteiger partial charge in [0.2, 0.25) is 0 Å². The molecule has 0 spiro atoms. The number of aliphatic imine (C=N–C) groups is 1. The van der Waals surface area contributed by atoms with E-state index in [1.807, 2.05) is 0 Å². The monoisotopic (exact) mass is 381 g/mol. The normalized spacial score (nSPS) is 31.5. The second kappa shape index (κ2) is 7.67. The van der Waals surface area contributed by atoms with E-state index in [2.05, 4.69) is 29.5 Å². The van der Waals surface area contributed by atoms with E-state index in [-0.39, 0.29) is 35.5 Å². The molecule has 3 N–H and O–H groups in total. The fraction of sp³-hybridized carbons (Fsp3) is 0.929. The van der Waals surface area contributed by atoms with E-state index in [4.69, 9.17) is 0 Å². The van der Waals surface area contributed by atoms with Gasteiger partial charge in [-0.1, -0.05) is 19.8 Å². The Morgan fingerprint density at radius 2 is 2.05 bits per heavy atom. The second-order valence-corrected chi connectivity index (χ2v) is 6.03. The molecule has 2 aliphatic carbocycles. The van der Waals surface area contributed by atoms with Crippen molar-refractivity contribution in [2.24, 2.45) is 10.4 Å². The summed E-state index contributed by atoms with van der Waals surface area (Å²) in [7, 11) is 0. The molecule has 0 aromatic carbocycles. The van der Waals surface area contributed by atoms with Crippen molar-refractivity contribution in [2.45, 2.75) is 64.5 Å². The molecule has 5 heteroatoms. The Kier molecular flexibility index (Phi) is 6.86. The second-order valence-electron chi connectivity index (χ2n) is 6.03. The number of guanidine groups is 1. The highest BCUT2D eigenvalue weighted by molar-refractivity contribution is 14.0. The average molecular weight is 381 g/mol. The maximum atomic E-state index is 10.2. The Hall–Kier alpha value is -0.0400. The van der Waals surface area contributed by atoms with E-state index in [0.29, 0.717) is 6.04 Å². The molecule has 2 saturated carbocycles. The highest BCUT2D eigenvalue weighted by atomic mass is 127. The molecular weight excluding hydrogens is 353 g/mol. The van der Waals surface area contributed by atoms with Gasteiger partial charge in [0.1, 0.15) is 0 Å². The van der Waals surface area contributed by atoms with Crippen molar-refractivity contribution in [1.82, 2.24) is 10.6 Å². The van der Waals surface area contributed by atoms with Gasteiger partial charge in [0.15, 0.2) is 5.96 Å². The number of halogens is 1. The van der Waals surface area contributed by atoms with Crippen LogP contribution in [0.4, 0.5) is 0 Å². The minimum atomic E-state index is -0.196. The Morgan fingerprint density at radius 1 is 1.32 bits per heavy atom. The third kappa shape index (κ3) is 5.10. The van der Waals surface area contributed by atoms with Crippen molar-refractivity contribution in [2.75, 3.05) is 13.1 Å². The number of nitrogens with one attached hydrogen (secondary N) is 2. The highest BCUT2D eigenvalue weighted by Crippen LogP contribution is 2.36. The molecule has 0 amide bonds. The first-order valence-electron chi connectivity index (χ1n) is 7.37. The van der Waals surface area contributed by atoms with Crippen LogP contribution in [0.2, 0.25) is 0 Å². The van der Waals surface area contributed by atoms with Gasteiger partial charge in [0.05, 0.1) is 12.6 Å². The zero-order valence-corrected chi connectivity index (χ0v) is 14.4. The van der Waals surface area contributed by atoms with Crippen molar-refractivity contribution in [3.8, 4) is 0 Å². The van der Waals surface area contributed by atoms with Gasteiger partial charge in [-0.2, -0.15) is 0 Å². The average Bonchev–Trinajstić information content (AvgIpc) is 3.15. The van der Waals surface area contributed by atoms with E-state index >= 15 is 0 Å². The Labute approximate surface area is 133 Å². The van der Waals surface area contributed by atoms with Crippen LogP contribution in [0.5, 0.6) is 0 Å². The molecule has 4 nitrogen and oxygen atoms in total. The summed E-state index contributed by atoms with van der Waals surface area (Å²) in [5.41, 5.74) is -0.0375. The minimum absolute atomic E-state index is 0. The van der Waals surface area contributed by atoms with Gasteiger partial charge < -0.3 is 15.7 Å². The summed E-state index contributed by atoms with van der Waals surface area (Å²) in [6.45, 7) is 5.86. The van der Waals surface area contributed by atoms with Crippen LogP contribution in [0.25, 0.3) is 0 Å². The molecule has 2 unspecified atom stereocenters. The largest absolute Gasteiger partial charge is 0.392 e. The summed E-state index contributed by atoms with van der Waals surface area (Å²) < 4.78 is 0. The maximum Gasteiger partial charge on any atom is 0.191 e. The lowest BCUT2D eigenvalue weighted by Crippen LogP contribution is -2.42. The Morgan fingerprint density at radius 3 is 2.63 bits per heavy atom. The fourth-order valence-corrected chi connectivity index (χ4v) is 2.57. The number of hydrogen-bond acceptors (Lipinski definition) is 2. The van der Waals surface area contributed by atoms with Crippen LogP contribution in [-0.2, 0) is 0 Å². The summed E-state index contributed by atoms with van der Waals surface area (Å²) >= 11 is 0. The number of hydrogen-bond donors (Lipinski definition) is 3. The molecule has 0 heterocycles. The SMILES string of the molecule is CCNC(=NCC1(C)CCCCC1O)NC1CC1.I. The van der Waals surface area contributed by atoms with Crippen LogP contribution in [0.3, 0.4) is 0 Å². The smallest absolute Gasteiger partial charge is 0.191 e. The summed E-state index contributed by atoms with van der Waals surface area (Å²) in [6, 6.07) is 0.617. The van der Waals surface area contributed by atoms with Crippen LogP contribution in [0, 0.1) is 5.41 Å². The highest BCUT2D eigenvalue weighted by Gasteiger charge is 2.35. The maximum absolute atomic E-state index is 10.2. The third-order valence-corrected chi connectivity index (χ3v) is 4.14. The van der Waals surface area contributed by atoms with Crippen molar-refractivity contribution in [3.63, 3.8) is 0 Å². The Bertz CT molecular complexity index is 307. The lowest BCUT2D eigenvalue weighted by Gasteiger charge is -2.37. The fourth-order valence-electron chi connectivity index (χ4n) is 2.57. The summed E-state index contributed by atoms with van der Waals surface area (Å²) in [4.78, 5) is 4.67. The number of rotatable bonds is 4. The molecule has 2 rings (SSSR count). The molecule has 112 valence electrons. The summed E-state index contributed by atoms with van der Waals surface area (Å²) in [5, 5.41) is 16.9. The lowest BCUT2D eigenvalue weighted by molar-refractivity contribution is 0.00716. The zero-order valence-electron chi connectivity index (χ0n) is 12.1. The molecule has 2 aliphatic rings. The van der Waals surface area contributed by atoms with Crippen molar-refractivity contribution in [3.05, 3.63) is 0 Å². The minimum Gasteiger partial charge on any atom is -0.392 e. The van der Waals surface area contributed by atoms with Crippen LogP contribution in [0.1, 0.15) is 52.4 Å². The molecule has 0 saturated heterocycles. The van der Waals surface area contributed by atoms with Crippen LogP contribution in [0.15, 0.2) is 4.99 Å². The topological polar surface area (TPSA) is 56.7 Å². The quantitative estimate of drug-likeness (QED) is 0.398. The first-order chi connectivity index (χ1) is 8.64. The number of aliphatic hydroxyl groups excluding tert-OH is 1. The number of nitrogens with zero attached hydrogens (tertiary/aromatic N) is 1. The van der Waals surface area contributed by atoms with Crippen LogP contribution in [-0.4, -0.2) is 36.3 Å². The van der Waals surface area contributed by atoms with Gasteiger partial charge in [0.25, 0.3) is 0 Å². The first-order valence-corrected chi connectivity index (χ1v) is 7.37. The van der Waals surface area contributed by atoms with Crippen LogP contribution < -0.4 is 10.6 Å². The summed E-state index contributed by atoms with van der Waals surface area (Å²) in [5.74, 6) is 0.916. The molecule has 2 fully saturated rings. The van der Waals surface area contributed by atoms with E-state index < -0.39 is 0 Å².